The topological polar surface area (TPSA) is 179 Å². The first-order valence-electron chi connectivity index (χ1n) is 12.5. The van der Waals surface area contributed by atoms with Crippen molar-refractivity contribution < 1.29 is 28.8 Å². The Labute approximate surface area is 234 Å². The Kier molecular flexibility index (Phi) is 7.69. The Hall–Kier alpha value is -5.38. The highest BCUT2D eigenvalue weighted by Crippen LogP contribution is 2.51. The van der Waals surface area contributed by atoms with Gasteiger partial charge in [0.25, 0.3) is 11.6 Å². The van der Waals surface area contributed by atoms with Gasteiger partial charge in [0.1, 0.15) is 17.5 Å². The normalized spacial score (nSPS) is 20.2. The lowest BCUT2D eigenvalue weighted by Gasteiger charge is -2.30. The molecule has 0 saturated carbocycles. The van der Waals surface area contributed by atoms with Crippen LogP contribution in [0.25, 0.3) is 0 Å². The van der Waals surface area contributed by atoms with Crippen molar-refractivity contribution in [2.24, 2.45) is 16.4 Å². The molecule has 0 bridgehead atoms. The lowest BCUT2D eigenvalue weighted by molar-refractivity contribution is -0.384. The van der Waals surface area contributed by atoms with Gasteiger partial charge in [-0.1, -0.05) is 25.5 Å². The van der Waals surface area contributed by atoms with E-state index in [2.05, 4.69) is 5.10 Å². The number of benzene rings is 2. The van der Waals surface area contributed by atoms with Gasteiger partial charge >= 0.3 is 11.9 Å². The fourth-order valence-electron chi connectivity index (χ4n) is 5.13. The monoisotopic (exact) mass is 558 g/mol. The molecule has 2 unspecified atom stereocenters. The number of hydrazone groups is 1. The van der Waals surface area contributed by atoms with Crippen LogP contribution < -0.4 is 9.91 Å². The summed E-state index contributed by atoms with van der Waals surface area (Å²) < 4.78 is 9.93. The number of carbonyl (C=O) groups is 3. The largest absolute Gasteiger partial charge is 0.466 e. The lowest BCUT2D eigenvalue weighted by atomic mass is 9.68. The van der Waals surface area contributed by atoms with Gasteiger partial charge in [-0.05, 0) is 43.2 Å². The number of nitrogens with zero attached hydrogens (tertiary/aromatic N) is 5. The van der Waals surface area contributed by atoms with Gasteiger partial charge in [0.05, 0.1) is 42.2 Å². The summed E-state index contributed by atoms with van der Waals surface area (Å²) in [6.45, 7) is 3.48. The average Bonchev–Trinajstić information content (AvgIpc) is 3.42. The quantitative estimate of drug-likeness (QED) is 0.288. The summed E-state index contributed by atoms with van der Waals surface area (Å²) in [5.41, 5.74) is -1.97. The van der Waals surface area contributed by atoms with Crippen molar-refractivity contribution in [3.8, 4) is 6.07 Å². The number of amides is 1. The highest BCUT2D eigenvalue weighted by Gasteiger charge is 2.65. The number of nitro benzene ring substituents is 1. The summed E-state index contributed by atoms with van der Waals surface area (Å²) in [7, 11) is 2.14. The standard InChI is InChI=1S/C28H26N6O7/c1-5-6-17-7-9-18(10-8-17)32-23(26(37)41-4)22(25(36)40-3)28(15-29,27(32)30)21-16(2)31-33(24(21)35)19-11-13-20(14-12-19)34(38)39/h7-14,21,30H,5-6H2,1-4H3. The van der Waals surface area contributed by atoms with Crippen LogP contribution in [0.3, 0.4) is 0 Å². The number of rotatable bonds is 8. The first kappa shape index (κ1) is 28.6. The Morgan fingerprint density at radius 1 is 1.10 bits per heavy atom. The second kappa shape index (κ2) is 11.0. The number of methoxy groups -OCH3 is 2. The Bertz CT molecular complexity index is 1560. The highest BCUT2D eigenvalue weighted by atomic mass is 16.6. The van der Waals surface area contributed by atoms with Crippen LogP contribution in [0, 0.1) is 38.2 Å². The molecule has 0 aromatic heterocycles. The predicted molar refractivity (Wildman–Crippen MR) is 147 cm³/mol. The van der Waals surface area contributed by atoms with Crippen LogP contribution in [0.5, 0.6) is 0 Å². The number of nitro groups is 1. The van der Waals surface area contributed by atoms with E-state index in [4.69, 9.17) is 9.47 Å². The number of hydrogen-bond donors (Lipinski definition) is 1. The molecule has 1 amide bonds. The van der Waals surface area contributed by atoms with Crippen molar-refractivity contribution in [3.63, 3.8) is 0 Å². The zero-order valence-electron chi connectivity index (χ0n) is 22.7. The predicted octanol–water partition coefficient (Wildman–Crippen LogP) is 3.49. The minimum Gasteiger partial charge on any atom is -0.466 e. The molecule has 2 aromatic rings. The molecule has 1 N–H and O–H groups in total. The van der Waals surface area contributed by atoms with Crippen molar-refractivity contribution in [1.29, 1.82) is 10.7 Å². The zero-order chi connectivity index (χ0) is 30.1. The molecule has 41 heavy (non-hydrogen) atoms. The molecule has 0 saturated heterocycles. The summed E-state index contributed by atoms with van der Waals surface area (Å²) in [6.07, 6.45) is 1.68. The average molecular weight is 559 g/mol. The molecule has 4 rings (SSSR count). The van der Waals surface area contributed by atoms with Crippen LogP contribution in [0.1, 0.15) is 25.8 Å². The molecule has 2 aliphatic rings. The number of amidine groups is 1. The van der Waals surface area contributed by atoms with E-state index in [1.807, 2.05) is 13.0 Å². The summed E-state index contributed by atoms with van der Waals surface area (Å²) >= 11 is 0. The van der Waals surface area contributed by atoms with E-state index < -0.39 is 51.2 Å². The Balaban J connectivity index is 1.91. The first-order valence-corrected chi connectivity index (χ1v) is 12.5. The minimum absolute atomic E-state index is 0.0745. The number of carbonyl (C=O) groups excluding carboxylic acids is 3. The van der Waals surface area contributed by atoms with Crippen molar-refractivity contribution >= 4 is 46.5 Å². The van der Waals surface area contributed by atoms with Crippen LogP contribution in [-0.2, 0) is 30.3 Å². The Morgan fingerprint density at radius 3 is 2.20 bits per heavy atom. The molecule has 13 nitrogen and oxygen atoms in total. The third-order valence-electron chi connectivity index (χ3n) is 7.00. The van der Waals surface area contributed by atoms with Gasteiger partial charge in [-0.2, -0.15) is 10.4 Å². The SMILES string of the molecule is CCCc1ccc(N2C(=N)C(C#N)(C3C(=O)N(c4ccc([N+](=O)[O-])cc4)N=C3C)C(C(=O)OC)=C2C(=O)OC)cc1. The molecule has 2 heterocycles. The van der Waals surface area contributed by atoms with Crippen LogP contribution in [0.2, 0.25) is 0 Å². The van der Waals surface area contributed by atoms with Crippen molar-refractivity contribution in [3.05, 3.63) is 75.5 Å². The summed E-state index contributed by atoms with van der Waals surface area (Å²) in [5, 5.41) is 36.2. The second-order valence-corrected chi connectivity index (χ2v) is 9.32. The number of non-ortho nitro benzene ring substituents is 1. The molecule has 0 aliphatic carbocycles. The fraction of sp³-hybridized carbons (Fsp3) is 0.286. The molecule has 2 aliphatic heterocycles. The second-order valence-electron chi connectivity index (χ2n) is 9.32. The van der Waals surface area contributed by atoms with Crippen LogP contribution in [0.15, 0.2) is 64.9 Å². The number of nitrogens with one attached hydrogen (secondary N) is 1. The van der Waals surface area contributed by atoms with Crippen LogP contribution in [-0.4, -0.2) is 48.5 Å². The molecule has 2 atom stereocenters. The molecule has 2 aromatic carbocycles. The molecule has 0 radical (unpaired) electrons. The maximum absolute atomic E-state index is 13.9. The number of hydrogen-bond acceptors (Lipinski definition) is 10. The van der Waals surface area contributed by atoms with Gasteiger partial charge in [0.15, 0.2) is 5.41 Å². The molecular weight excluding hydrogens is 532 g/mol. The van der Waals surface area contributed by atoms with E-state index in [1.165, 1.54) is 31.2 Å². The van der Waals surface area contributed by atoms with Gasteiger partial charge in [0, 0.05) is 17.8 Å². The van der Waals surface area contributed by atoms with Crippen LogP contribution >= 0.6 is 0 Å². The summed E-state index contributed by atoms with van der Waals surface area (Å²) in [4.78, 5) is 52.0. The fourth-order valence-corrected chi connectivity index (χ4v) is 5.13. The van der Waals surface area contributed by atoms with E-state index in [0.29, 0.717) is 5.69 Å². The van der Waals surface area contributed by atoms with Gasteiger partial charge in [0.2, 0.25) is 0 Å². The third-order valence-corrected chi connectivity index (χ3v) is 7.00. The van der Waals surface area contributed by atoms with E-state index in [9.17, 15) is 35.2 Å². The van der Waals surface area contributed by atoms with Crippen molar-refractivity contribution in [1.82, 2.24) is 0 Å². The minimum atomic E-state index is -2.33. The zero-order valence-corrected chi connectivity index (χ0v) is 22.7. The number of anilines is 2. The summed E-state index contributed by atoms with van der Waals surface area (Å²) in [6, 6.07) is 13.9. The highest BCUT2D eigenvalue weighted by molar-refractivity contribution is 6.29. The molecule has 210 valence electrons. The van der Waals surface area contributed by atoms with Gasteiger partial charge in [-0.3, -0.25) is 25.2 Å². The van der Waals surface area contributed by atoms with E-state index in [0.717, 1.165) is 42.5 Å². The van der Waals surface area contributed by atoms with E-state index in [1.54, 1.807) is 24.3 Å². The molecule has 13 heteroatoms. The maximum Gasteiger partial charge on any atom is 0.355 e. The smallest absolute Gasteiger partial charge is 0.355 e. The van der Waals surface area contributed by atoms with Crippen molar-refractivity contribution in [2.45, 2.75) is 26.7 Å². The van der Waals surface area contributed by atoms with Crippen molar-refractivity contribution in [2.75, 3.05) is 24.1 Å². The third kappa shape index (κ3) is 4.49. The van der Waals surface area contributed by atoms with E-state index in [-0.39, 0.29) is 17.1 Å². The first-order chi connectivity index (χ1) is 19.6. The van der Waals surface area contributed by atoms with Gasteiger partial charge in [-0.25, -0.2) is 14.6 Å². The lowest BCUT2D eigenvalue weighted by Crippen LogP contribution is -2.48. The maximum atomic E-state index is 13.9. The number of aryl methyl sites for hydroxylation is 1. The Morgan fingerprint density at radius 2 is 1.68 bits per heavy atom. The molecule has 0 spiro atoms. The molecule has 0 fully saturated rings. The molecular formula is C28H26N6O7. The van der Waals surface area contributed by atoms with Crippen LogP contribution in [0.4, 0.5) is 17.1 Å². The number of nitriles is 1. The number of ether oxygens (including phenoxy) is 2. The van der Waals surface area contributed by atoms with E-state index >= 15 is 0 Å². The summed E-state index contributed by atoms with van der Waals surface area (Å²) in [5.74, 6) is -4.96. The van der Waals surface area contributed by atoms with Gasteiger partial charge in [-0.15, -0.1) is 0 Å². The number of esters is 2. The van der Waals surface area contributed by atoms with Gasteiger partial charge < -0.3 is 9.47 Å².